The summed E-state index contributed by atoms with van der Waals surface area (Å²) in [7, 11) is 0. The summed E-state index contributed by atoms with van der Waals surface area (Å²) in [4.78, 5) is 16.7. The Kier molecular flexibility index (Phi) is 3.89. The quantitative estimate of drug-likeness (QED) is 0.665. The fraction of sp³-hybridized carbons (Fsp3) is 0.308. The van der Waals surface area contributed by atoms with Gasteiger partial charge in [0.2, 0.25) is 5.82 Å². The Morgan fingerprint density at radius 2 is 2.15 bits per heavy atom. The van der Waals surface area contributed by atoms with E-state index in [1.165, 1.54) is 21.4 Å². The van der Waals surface area contributed by atoms with E-state index >= 15 is 0 Å². The molecule has 2 heterocycles. The van der Waals surface area contributed by atoms with Crippen molar-refractivity contribution >= 4 is 28.7 Å². The molecule has 106 valence electrons. The average Bonchev–Trinajstić information content (AvgIpc) is 2.68. The highest BCUT2D eigenvalue weighted by atomic mass is 32.1. The predicted octanol–water partition coefficient (Wildman–Crippen LogP) is 3.42. The van der Waals surface area contributed by atoms with Crippen LogP contribution in [0.3, 0.4) is 0 Å². The zero-order valence-corrected chi connectivity index (χ0v) is 12.3. The van der Waals surface area contributed by atoms with Crippen molar-refractivity contribution in [3.8, 4) is 0 Å². The first-order valence-corrected chi connectivity index (χ1v) is 6.94. The Bertz CT molecular complexity index is 654. The molecule has 0 saturated heterocycles. The standard InChI is InChI=1S/C13H16N4O2S/c1-7-6-10(9(3)20-7)8(2)15-12-5-4-11(17(18)19)13(14)16-12/h4-6,8H,1-3H3,(H3,14,15,16). The molecule has 0 bridgehead atoms. The number of nitrogens with two attached hydrogens (primary N) is 1. The number of nitrogen functional groups attached to an aromatic ring is 1. The van der Waals surface area contributed by atoms with Crippen molar-refractivity contribution in [2.24, 2.45) is 0 Å². The average molecular weight is 292 g/mol. The summed E-state index contributed by atoms with van der Waals surface area (Å²) in [6.07, 6.45) is 0. The zero-order chi connectivity index (χ0) is 14.9. The third-order valence-electron chi connectivity index (χ3n) is 3.01. The number of hydrogen-bond acceptors (Lipinski definition) is 6. The fourth-order valence-electron chi connectivity index (χ4n) is 2.08. The van der Waals surface area contributed by atoms with E-state index in [0.29, 0.717) is 5.82 Å². The number of hydrogen-bond donors (Lipinski definition) is 2. The van der Waals surface area contributed by atoms with Gasteiger partial charge in [-0.25, -0.2) is 4.98 Å². The van der Waals surface area contributed by atoms with Crippen molar-refractivity contribution < 1.29 is 4.92 Å². The summed E-state index contributed by atoms with van der Waals surface area (Å²) in [6, 6.07) is 5.13. The number of nitrogens with zero attached hydrogens (tertiary/aromatic N) is 2. The van der Waals surface area contributed by atoms with E-state index in [1.807, 2.05) is 6.92 Å². The minimum absolute atomic E-state index is 0.0632. The zero-order valence-electron chi connectivity index (χ0n) is 11.5. The Labute approximate surface area is 120 Å². The van der Waals surface area contributed by atoms with Crippen LogP contribution in [-0.2, 0) is 0 Å². The molecule has 7 heteroatoms. The summed E-state index contributed by atoms with van der Waals surface area (Å²) in [5.41, 5.74) is 6.60. The van der Waals surface area contributed by atoms with Crippen molar-refractivity contribution in [2.75, 3.05) is 11.1 Å². The summed E-state index contributed by atoms with van der Waals surface area (Å²) >= 11 is 1.74. The van der Waals surface area contributed by atoms with E-state index in [2.05, 4.69) is 30.2 Å². The summed E-state index contributed by atoms with van der Waals surface area (Å²) in [5, 5.41) is 13.9. The van der Waals surface area contributed by atoms with Gasteiger partial charge in [0.15, 0.2) is 0 Å². The second-order valence-corrected chi connectivity index (χ2v) is 6.05. The van der Waals surface area contributed by atoms with Gasteiger partial charge in [-0.3, -0.25) is 10.1 Å². The largest absolute Gasteiger partial charge is 0.378 e. The Morgan fingerprint density at radius 1 is 1.45 bits per heavy atom. The molecule has 20 heavy (non-hydrogen) atoms. The van der Waals surface area contributed by atoms with Gasteiger partial charge < -0.3 is 11.1 Å². The number of rotatable bonds is 4. The van der Waals surface area contributed by atoms with Crippen LogP contribution in [0.4, 0.5) is 17.3 Å². The molecule has 0 aliphatic heterocycles. The molecule has 2 rings (SSSR count). The van der Waals surface area contributed by atoms with Crippen LogP contribution in [0.1, 0.15) is 28.3 Å². The van der Waals surface area contributed by atoms with Crippen LogP contribution in [0.2, 0.25) is 0 Å². The lowest BCUT2D eigenvalue weighted by molar-refractivity contribution is -0.384. The first kappa shape index (κ1) is 14.3. The smallest absolute Gasteiger partial charge is 0.311 e. The van der Waals surface area contributed by atoms with Crippen LogP contribution in [-0.4, -0.2) is 9.91 Å². The van der Waals surface area contributed by atoms with Gasteiger partial charge in [0.05, 0.1) is 11.0 Å². The molecule has 0 amide bonds. The number of thiophene rings is 1. The fourth-order valence-corrected chi connectivity index (χ4v) is 3.10. The molecular weight excluding hydrogens is 276 g/mol. The molecule has 0 fully saturated rings. The maximum absolute atomic E-state index is 10.7. The van der Waals surface area contributed by atoms with Gasteiger partial charge in [0.25, 0.3) is 0 Å². The second kappa shape index (κ2) is 5.46. The lowest BCUT2D eigenvalue weighted by Gasteiger charge is -2.14. The van der Waals surface area contributed by atoms with Gasteiger partial charge in [0, 0.05) is 15.8 Å². The molecule has 1 unspecified atom stereocenters. The highest BCUT2D eigenvalue weighted by molar-refractivity contribution is 7.12. The van der Waals surface area contributed by atoms with E-state index < -0.39 is 4.92 Å². The van der Waals surface area contributed by atoms with E-state index in [0.717, 1.165) is 0 Å². The maximum Gasteiger partial charge on any atom is 0.311 e. The number of aryl methyl sites for hydroxylation is 2. The van der Waals surface area contributed by atoms with Crippen LogP contribution >= 0.6 is 11.3 Å². The SMILES string of the molecule is Cc1cc(C(C)Nc2ccc([N+](=O)[O-])c(N)n2)c(C)s1. The van der Waals surface area contributed by atoms with Gasteiger partial charge in [-0.2, -0.15) is 0 Å². The Balaban J connectivity index is 2.20. The third-order valence-corrected chi connectivity index (χ3v) is 3.99. The number of nitrogens with one attached hydrogen (secondary N) is 1. The third kappa shape index (κ3) is 2.88. The van der Waals surface area contributed by atoms with Crippen molar-refractivity contribution in [3.63, 3.8) is 0 Å². The van der Waals surface area contributed by atoms with Gasteiger partial charge in [-0.1, -0.05) is 0 Å². The molecule has 1 atom stereocenters. The minimum Gasteiger partial charge on any atom is -0.378 e. The number of aromatic nitrogens is 1. The van der Waals surface area contributed by atoms with Gasteiger partial charge >= 0.3 is 5.69 Å². The van der Waals surface area contributed by atoms with E-state index in [4.69, 9.17) is 5.73 Å². The molecule has 3 N–H and O–H groups in total. The Hall–Kier alpha value is -2.15. The molecule has 0 aliphatic carbocycles. The highest BCUT2D eigenvalue weighted by Crippen LogP contribution is 2.29. The lowest BCUT2D eigenvalue weighted by Crippen LogP contribution is -2.09. The van der Waals surface area contributed by atoms with Gasteiger partial charge in [-0.15, -0.1) is 11.3 Å². The minimum atomic E-state index is -0.540. The molecule has 0 saturated carbocycles. The van der Waals surface area contributed by atoms with E-state index in [9.17, 15) is 10.1 Å². The lowest BCUT2D eigenvalue weighted by atomic mass is 10.1. The highest BCUT2D eigenvalue weighted by Gasteiger charge is 2.15. The maximum atomic E-state index is 10.7. The van der Waals surface area contributed by atoms with Crippen LogP contribution in [0.15, 0.2) is 18.2 Å². The normalized spacial score (nSPS) is 12.2. The predicted molar refractivity (Wildman–Crippen MR) is 81.1 cm³/mol. The van der Waals surface area contributed by atoms with Crippen molar-refractivity contribution in [1.29, 1.82) is 0 Å². The van der Waals surface area contributed by atoms with Gasteiger partial charge in [-0.05, 0) is 38.5 Å². The van der Waals surface area contributed by atoms with E-state index in [1.54, 1.807) is 17.4 Å². The van der Waals surface area contributed by atoms with Crippen molar-refractivity contribution in [2.45, 2.75) is 26.8 Å². The van der Waals surface area contributed by atoms with Crippen molar-refractivity contribution in [1.82, 2.24) is 4.98 Å². The van der Waals surface area contributed by atoms with Crippen LogP contribution in [0, 0.1) is 24.0 Å². The monoisotopic (exact) mass is 292 g/mol. The van der Waals surface area contributed by atoms with E-state index in [-0.39, 0.29) is 17.5 Å². The molecule has 0 radical (unpaired) electrons. The molecule has 2 aromatic heterocycles. The first-order chi connectivity index (χ1) is 9.38. The second-order valence-electron chi connectivity index (χ2n) is 4.59. The number of nitro groups is 1. The summed E-state index contributed by atoms with van der Waals surface area (Å²) < 4.78 is 0. The topological polar surface area (TPSA) is 94.1 Å². The molecule has 0 spiro atoms. The molecule has 2 aromatic rings. The molecular formula is C13H16N4O2S. The molecule has 6 nitrogen and oxygen atoms in total. The van der Waals surface area contributed by atoms with Crippen LogP contribution in [0.5, 0.6) is 0 Å². The molecule has 0 aliphatic rings. The molecule has 0 aromatic carbocycles. The van der Waals surface area contributed by atoms with Gasteiger partial charge in [0.1, 0.15) is 5.82 Å². The van der Waals surface area contributed by atoms with Crippen LogP contribution in [0.25, 0.3) is 0 Å². The number of pyridine rings is 1. The summed E-state index contributed by atoms with van der Waals surface area (Å²) in [6.45, 7) is 6.16. The van der Waals surface area contributed by atoms with Crippen molar-refractivity contribution in [3.05, 3.63) is 43.6 Å². The van der Waals surface area contributed by atoms with Crippen LogP contribution < -0.4 is 11.1 Å². The summed E-state index contributed by atoms with van der Waals surface area (Å²) in [5.74, 6) is 0.453. The number of anilines is 2. The first-order valence-electron chi connectivity index (χ1n) is 6.13. The Morgan fingerprint density at radius 3 is 2.65 bits per heavy atom.